The van der Waals surface area contributed by atoms with Gasteiger partial charge in [-0.25, -0.2) is 4.79 Å². The van der Waals surface area contributed by atoms with Crippen molar-refractivity contribution in [3.05, 3.63) is 41.4 Å². The van der Waals surface area contributed by atoms with Gasteiger partial charge < -0.3 is 15.4 Å². The Morgan fingerprint density at radius 1 is 1.50 bits per heavy atom. The molecule has 0 radical (unpaired) electrons. The lowest BCUT2D eigenvalue weighted by atomic mass is 10.1. The standard InChI is InChI=1S/C11H12N2O3/c1-2-16-11(15)9(13-12)10(14)8-6-4-3-5-7-8/h3-7,10,14H,2H2,1H3/t10-/m1/s1. The van der Waals surface area contributed by atoms with Crippen LogP contribution in [0.2, 0.25) is 0 Å². The van der Waals surface area contributed by atoms with Crippen LogP contribution in [-0.4, -0.2) is 28.2 Å². The van der Waals surface area contributed by atoms with Crippen molar-refractivity contribution in [2.45, 2.75) is 13.0 Å². The molecule has 1 aromatic carbocycles. The molecule has 84 valence electrons. The zero-order chi connectivity index (χ0) is 12.0. The highest BCUT2D eigenvalue weighted by atomic mass is 16.5. The van der Waals surface area contributed by atoms with Gasteiger partial charge in [-0.05, 0) is 12.5 Å². The van der Waals surface area contributed by atoms with E-state index < -0.39 is 17.8 Å². The van der Waals surface area contributed by atoms with Crippen molar-refractivity contribution in [1.82, 2.24) is 0 Å². The maximum atomic E-state index is 11.3. The first-order chi connectivity index (χ1) is 7.70. The number of nitrogens with zero attached hydrogens (tertiary/aromatic N) is 2. The van der Waals surface area contributed by atoms with Crippen molar-refractivity contribution in [3.63, 3.8) is 0 Å². The quantitative estimate of drug-likeness (QED) is 0.355. The van der Waals surface area contributed by atoms with Crippen LogP contribution in [-0.2, 0) is 9.53 Å². The topological polar surface area (TPSA) is 82.9 Å². The molecule has 0 bridgehead atoms. The maximum absolute atomic E-state index is 11.3. The molecule has 16 heavy (non-hydrogen) atoms. The largest absolute Gasteiger partial charge is 0.457 e. The predicted octanol–water partition coefficient (Wildman–Crippen LogP) is 0.954. The van der Waals surface area contributed by atoms with Crippen molar-refractivity contribution >= 4 is 11.7 Å². The number of ether oxygens (including phenoxy) is 1. The molecule has 0 unspecified atom stereocenters. The normalized spacial score (nSPS) is 11.4. The molecular weight excluding hydrogens is 208 g/mol. The van der Waals surface area contributed by atoms with Gasteiger partial charge in [0.05, 0.1) is 6.61 Å². The fourth-order valence-corrected chi connectivity index (χ4v) is 1.21. The summed E-state index contributed by atoms with van der Waals surface area (Å²) in [5.41, 5.74) is 8.72. The average molecular weight is 220 g/mol. The van der Waals surface area contributed by atoms with E-state index in [1.807, 2.05) is 0 Å². The fourth-order valence-electron chi connectivity index (χ4n) is 1.21. The van der Waals surface area contributed by atoms with E-state index in [1.165, 1.54) is 0 Å². The zero-order valence-corrected chi connectivity index (χ0v) is 8.83. The number of rotatable bonds is 4. The summed E-state index contributed by atoms with van der Waals surface area (Å²) in [7, 11) is 0. The second-order valence-corrected chi connectivity index (χ2v) is 3.02. The maximum Gasteiger partial charge on any atom is 0.420 e. The van der Waals surface area contributed by atoms with Crippen LogP contribution in [0.4, 0.5) is 0 Å². The van der Waals surface area contributed by atoms with Crippen molar-refractivity contribution in [3.8, 4) is 0 Å². The molecule has 0 aliphatic rings. The van der Waals surface area contributed by atoms with Crippen LogP contribution in [0, 0.1) is 0 Å². The smallest absolute Gasteiger partial charge is 0.420 e. The molecule has 0 aliphatic heterocycles. The van der Waals surface area contributed by atoms with E-state index in [9.17, 15) is 9.90 Å². The number of esters is 1. The summed E-state index contributed by atoms with van der Waals surface area (Å²) >= 11 is 0. The highest BCUT2D eigenvalue weighted by molar-refractivity contribution is 6.35. The van der Waals surface area contributed by atoms with Gasteiger partial charge in [-0.15, -0.1) is 0 Å². The van der Waals surface area contributed by atoms with Crippen molar-refractivity contribution in [1.29, 1.82) is 0 Å². The summed E-state index contributed by atoms with van der Waals surface area (Å²) in [6.45, 7) is 1.78. The third kappa shape index (κ3) is 2.76. The van der Waals surface area contributed by atoms with E-state index in [4.69, 9.17) is 5.53 Å². The lowest BCUT2D eigenvalue weighted by Crippen LogP contribution is -2.25. The van der Waals surface area contributed by atoms with E-state index in [-0.39, 0.29) is 6.61 Å². The van der Waals surface area contributed by atoms with E-state index in [0.717, 1.165) is 0 Å². The van der Waals surface area contributed by atoms with Gasteiger partial charge in [0.15, 0.2) is 6.10 Å². The second-order valence-electron chi connectivity index (χ2n) is 3.02. The number of benzene rings is 1. The first kappa shape index (κ1) is 12.1. The van der Waals surface area contributed by atoms with Gasteiger partial charge >= 0.3 is 11.7 Å². The van der Waals surface area contributed by atoms with E-state index in [2.05, 4.69) is 9.53 Å². The lowest BCUT2D eigenvalue weighted by molar-refractivity contribution is -0.141. The summed E-state index contributed by atoms with van der Waals surface area (Å²) in [6.07, 6.45) is -1.29. The Morgan fingerprint density at radius 3 is 2.62 bits per heavy atom. The van der Waals surface area contributed by atoms with Gasteiger partial charge in [0, 0.05) is 0 Å². The van der Waals surface area contributed by atoms with Crippen LogP contribution in [0.25, 0.3) is 5.53 Å². The number of hydrogen-bond acceptors (Lipinski definition) is 3. The fraction of sp³-hybridized carbons (Fsp3) is 0.273. The van der Waals surface area contributed by atoms with Crippen LogP contribution in [0.3, 0.4) is 0 Å². The predicted molar refractivity (Wildman–Crippen MR) is 56.7 cm³/mol. The van der Waals surface area contributed by atoms with E-state index in [1.54, 1.807) is 37.3 Å². The molecule has 0 aliphatic carbocycles. The van der Waals surface area contributed by atoms with Crippen LogP contribution >= 0.6 is 0 Å². The summed E-state index contributed by atoms with van der Waals surface area (Å²) in [6, 6.07) is 8.43. The summed E-state index contributed by atoms with van der Waals surface area (Å²) in [4.78, 5) is 14.1. The highest BCUT2D eigenvalue weighted by Gasteiger charge is 2.32. The molecule has 0 saturated heterocycles. The average Bonchev–Trinajstić information content (AvgIpc) is 2.31. The number of hydrogen-bond donors (Lipinski definition) is 1. The van der Waals surface area contributed by atoms with Gasteiger partial charge in [0.1, 0.15) is 0 Å². The molecule has 0 saturated carbocycles. The molecular formula is C11H12N2O3. The van der Waals surface area contributed by atoms with Gasteiger partial charge in [0.25, 0.3) is 0 Å². The van der Waals surface area contributed by atoms with Crippen LogP contribution in [0.5, 0.6) is 0 Å². The summed E-state index contributed by atoms with van der Waals surface area (Å²) in [5, 5.41) is 9.79. The minimum atomic E-state index is -1.29. The van der Waals surface area contributed by atoms with Crippen LogP contribution in [0.15, 0.2) is 30.3 Å². The van der Waals surface area contributed by atoms with Gasteiger partial charge in [-0.3, -0.25) is 0 Å². The van der Waals surface area contributed by atoms with Gasteiger partial charge in [-0.1, -0.05) is 30.3 Å². The third-order valence-electron chi connectivity index (χ3n) is 1.97. The monoisotopic (exact) mass is 220 g/mol. The number of aliphatic hydroxyl groups excluding tert-OH is 1. The number of aliphatic hydroxyl groups is 1. The zero-order valence-electron chi connectivity index (χ0n) is 8.83. The minimum Gasteiger partial charge on any atom is -0.457 e. The Balaban J connectivity index is 2.91. The first-order valence-electron chi connectivity index (χ1n) is 4.82. The Hall–Kier alpha value is -1.97. The highest BCUT2D eigenvalue weighted by Crippen LogP contribution is 2.13. The second kappa shape index (κ2) is 5.80. The van der Waals surface area contributed by atoms with Crippen molar-refractivity contribution in [2.24, 2.45) is 0 Å². The van der Waals surface area contributed by atoms with Gasteiger partial charge in [-0.2, -0.15) is 4.79 Å². The molecule has 0 fully saturated rings. The van der Waals surface area contributed by atoms with Crippen LogP contribution in [0.1, 0.15) is 18.6 Å². The molecule has 1 aromatic rings. The van der Waals surface area contributed by atoms with E-state index >= 15 is 0 Å². The summed E-state index contributed by atoms with van der Waals surface area (Å²) < 4.78 is 4.65. The number of carbonyl (C=O) groups is 1. The van der Waals surface area contributed by atoms with Crippen molar-refractivity contribution in [2.75, 3.05) is 6.61 Å². The number of carbonyl (C=O) groups excluding carboxylic acids is 1. The van der Waals surface area contributed by atoms with E-state index in [0.29, 0.717) is 5.56 Å². The Labute approximate surface area is 92.9 Å². The Kier molecular flexibility index (Phi) is 4.39. The molecule has 0 amide bonds. The molecule has 5 heteroatoms. The Bertz CT molecular complexity index is 410. The Morgan fingerprint density at radius 2 is 2.12 bits per heavy atom. The minimum absolute atomic E-state index is 0.152. The summed E-state index contributed by atoms with van der Waals surface area (Å²) in [5.74, 6) is -0.832. The molecule has 1 rings (SSSR count). The van der Waals surface area contributed by atoms with Crippen LogP contribution < -0.4 is 0 Å². The lowest BCUT2D eigenvalue weighted by Gasteiger charge is -2.05. The molecule has 0 spiro atoms. The molecule has 0 heterocycles. The third-order valence-corrected chi connectivity index (χ3v) is 1.97. The van der Waals surface area contributed by atoms with Gasteiger partial charge in [0.2, 0.25) is 0 Å². The van der Waals surface area contributed by atoms with Crippen molar-refractivity contribution < 1.29 is 19.4 Å². The molecule has 1 atom stereocenters. The first-order valence-corrected chi connectivity index (χ1v) is 4.82. The molecule has 5 nitrogen and oxygen atoms in total. The molecule has 1 N–H and O–H groups in total. The molecule has 0 aromatic heterocycles. The SMILES string of the molecule is CCOC(=O)C(=[N+]=[N-])[C@H](O)c1ccccc1.